The second-order valence-corrected chi connectivity index (χ2v) is 11.5. The number of sulfonamides is 1. The number of anilines is 1. The topological polar surface area (TPSA) is 86.8 Å². The molecular formula is C30H37N3O4S. The first-order valence-corrected chi connectivity index (χ1v) is 14.1. The zero-order valence-corrected chi connectivity index (χ0v) is 23.8. The Bertz CT molecular complexity index is 1380. The molecule has 0 aliphatic rings. The first-order valence-electron chi connectivity index (χ1n) is 12.7. The summed E-state index contributed by atoms with van der Waals surface area (Å²) < 4.78 is 29.0. The van der Waals surface area contributed by atoms with Gasteiger partial charge >= 0.3 is 0 Å². The zero-order chi connectivity index (χ0) is 28.0. The maximum Gasteiger partial charge on any atom is 0.264 e. The van der Waals surface area contributed by atoms with Crippen molar-refractivity contribution in [1.29, 1.82) is 0 Å². The molecule has 0 spiro atoms. The highest BCUT2D eigenvalue weighted by molar-refractivity contribution is 7.92. The van der Waals surface area contributed by atoms with E-state index in [0.29, 0.717) is 12.1 Å². The summed E-state index contributed by atoms with van der Waals surface area (Å²) in [5, 5.41) is 2.65. The van der Waals surface area contributed by atoms with Crippen LogP contribution in [0.25, 0.3) is 0 Å². The van der Waals surface area contributed by atoms with Gasteiger partial charge in [0.1, 0.15) is 12.6 Å². The lowest BCUT2D eigenvalue weighted by atomic mass is 10.1. The molecular weight excluding hydrogens is 498 g/mol. The number of benzene rings is 3. The molecule has 3 aromatic rings. The fourth-order valence-corrected chi connectivity index (χ4v) is 5.92. The Balaban J connectivity index is 2.11. The summed E-state index contributed by atoms with van der Waals surface area (Å²) in [4.78, 5) is 28.4. The van der Waals surface area contributed by atoms with Crippen LogP contribution < -0.4 is 9.62 Å². The van der Waals surface area contributed by atoms with Crippen molar-refractivity contribution in [3.63, 3.8) is 0 Å². The van der Waals surface area contributed by atoms with Gasteiger partial charge in [-0.05, 0) is 80.6 Å². The number of rotatable bonds is 10. The Morgan fingerprint density at radius 2 is 1.47 bits per heavy atom. The van der Waals surface area contributed by atoms with Crippen LogP contribution in [0.1, 0.15) is 41.2 Å². The highest BCUT2D eigenvalue weighted by Crippen LogP contribution is 2.27. The third-order valence-electron chi connectivity index (χ3n) is 6.62. The second kappa shape index (κ2) is 12.3. The monoisotopic (exact) mass is 535 g/mol. The standard InChI is InChI=1S/C30H37N3O4S/c1-7-28(30(35)31-6)32(19-25-11-9-8-10-24(25)5)29(34)20-33(26-17-22(3)16-23(4)18-26)38(36,37)27-14-12-21(2)13-15-27/h8-18,28H,7,19-20H2,1-6H3,(H,31,35)/t28-/m0/s1. The van der Waals surface area contributed by atoms with Gasteiger partial charge in [0.2, 0.25) is 11.8 Å². The van der Waals surface area contributed by atoms with E-state index >= 15 is 0 Å². The fraction of sp³-hybridized carbons (Fsp3) is 0.333. The van der Waals surface area contributed by atoms with E-state index in [0.717, 1.165) is 32.1 Å². The molecule has 0 heterocycles. The van der Waals surface area contributed by atoms with Crippen molar-refractivity contribution >= 4 is 27.5 Å². The average molecular weight is 536 g/mol. The summed E-state index contributed by atoms with van der Waals surface area (Å²) in [6, 6.07) is 18.9. The van der Waals surface area contributed by atoms with Crippen molar-refractivity contribution in [3.05, 3.63) is 94.5 Å². The molecule has 0 aliphatic carbocycles. The van der Waals surface area contributed by atoms with Crippen LogP contribution in [0.3, 0.4) is 0 Å². The largest absolute Gasteiger partial charge is 0.357 e. The zero-order valence-electron chi connectivity index (χ0n) is 23.0. The third-order valence-corrected chi connectivity index (χ3v) is 8.40. The highest BCUT2D eigenvalue weighted by Gasteiger charge is 2.33. The number of carbonyl (C=O) groups excluding carboxylic acids is 2. The SMILES string of the molecule is CC[C@@H](C(=O)NC)N(Cc1ccccc1C)C(=O)CN(c1cc(C)cc(C)c1)S(=O)(=O)c1ccc(C)cc1. The molecule has 1 atom stereocenters. The first kappa shape index (κ1) is 28.9. The average Bonchev–Trinajstić information content (AvgIpc) is 2.87. The summed E-state index contributed by atoms with van der Waals surface area (Å²) in [6.07, 6.45) is 0.381. The lowest BCUT2D eigenvalue weighted by Gasteiger charge is -2.33. The van der Waals surface area contributed by atoms with E-state index in [1.54, 1.807) is 36.4 Å². The maximum atomic E-state index is 14.0. The number of aryl methyl sites for hydroxylation is 4. The molecule has 0 fully saturated rings. The van der Waals surface area contributed by atoms with E-state index in [1.807, 2.05) is 65.0 Å². The first-order chi connectivity index (χ1) is 18.0. The Hall–Kier alpha value is -3.65. The van der Waals surface area contributed by atoms with Gasteiger partial charge in [-0.25, -0.2) is 8.42 Å². The molecule has 7 nitrogen and oxygen atoms in total. The number of hydrogen-bond acceptors (Lipinski definition) is 4. The Kier molecular flexibility index (Phi) is 9.33. The van der Waals surface area contributed by atoms with Gasteiger partial charge in [0.05, 0.1) is 10.6 Å². The van der Waals surface area contributed by atoms with Gasteiger partial charge in [-0.2, -0.15) is 0 Å². The molecule has 3 rings (SSSR count). The number of nitrogens with one attached hydrogen (secondary N) is 1. The lowest BCUT2D eigenvalue weighted by molar-refractivity contribution is -0.140. The summed E-state index contributed by atoms with van der Waals surface area (Å²) >= 11 is 0. The molecule has 0 aliphatic heterocycles. The van der Waals surface area contributed by atoms with Gasteiger partial charge in [-0.15, -0.1) is 0 Å². The van der Waals surface area contributed by atoms with Crippen LogP contribution in [0.5, 0.6) is 0 Å². The van der Waals surface area contributed by atoms with E-state index in [1.165, 1.54) is 11.9 Å². The van der Waals surface area contributed by atoms with Gasteiger partial charge < -0.3 is 10.2 Å². The minimum absolute atomic E-state index is 0.0962. The van der Waals surface area contributed by atoms with Gasteiger partial charge in [0, 0.05) is 13.6 Å². The van der Waals surface area contributed by atoms with E-state index in [4.69, 9.17) is 0 Å². The Morgan fingerprint density at radius 3 is 2.03 bits per heavy atom. The van der Waals surface area contributed by atoms with E-state index < -0.39 is 28.5 Å². The number of hydrogen-bond donors (Lipinski definition) is 1. The van der Waals surface area contributed by atoms with Crippen LogP contribution in [0.15, 0.2) is 71.6 Å². The van der Waals surface area contributed by atoms with Crippen LogP contribution in [-0.2, 0) is 26.2 Å². The van der Waals surface area contributed by atoms with Crippen LogP contribution in [0.4, 0.5) is 5.69 Å². The minimum Gasteiger partial charge on any atom is -0.357 e. The smallest absolute Gasteiger partial charge is 0.264 e. The summed E-state index contributed by atoms with van der Waals surface area (Å²) in [5.41, 5.74) is 4.97. The quantitative estimate of drug-likeness (QED) is 0.409. The fourth-order valence-electron chi connectivity index (χ4n) is 4.52. The van der Waals surface area contributed by atoms with Crippen molar-refractivity contribution in [3.8, 4) is 0 Å². The van der Waals surface area contributed by atoms with Gasteiger partial charge in [-0.1, -0.05) is 55.0 Å². The molecule has 3 aromatic carbocycles. The van der Waals surface area contributed by atoms with Gasteiger partial charge in [0.15, 0.2) is 0 Å². The van der Waals surface area contributed by atoms with Crippen molar-refractivity contribution < 1.29 is 18.0 Å². The Labute approximate surface area is 226 Å². The van der Waals surface area contributed by atoms with E-state index in [-0.39, 0.29) is 17.3 Å². The number of carbonyl (C=O) groups is 2. The second-order valence-electron chi connectivity index (χ2n) is 9.66. The van der Waals surface area contributed by atoms with Gasteiger partial charge in [-0.3, -0.25) is 13.9 Å². The molecule has 38 heavy (non-hydrogen) atoms. The number of likely N-dealkylation sites (N-methyl/N-ethyl adjacent to an activating group) is 1. The van der Waals surface area contributed by atoms with E-state index in [2.05, 4.69) is 5.32 Å². The van der Waals surface area contributed by atoms with Crippen molar-refractivity contribution in [2.75, 3.05) is 17.9 Å². The number of nitrogens with zero attached hydrogens (tertiary/aromatic N) is 2. The molecule has 2 amide bonds. The number of amides is 2. The lowest BCUT2D eigenvalue weighted by Crippen LogP contribution is -2.51. The molecule has 0 unspecified atom stereocenters. The van der Waals surface area contributed by atoms with Crippen LogP contribution in [0.2, 0.25) is 0 Å². The maximum absolute atomic E-state index is 14.0. The van der Waals surface area contributed by atoms with Crippen LogP contribution in [-0.4, -0.2) is 44.8 Å². The van der Waals surface area contributed by atoms with Crippen LogP contribution in [0, 0.1) is 27.7 Å². The third kappa shape index (κ3) is 6.61. The van der Waals surface area contributed by atoms with Crippen LogP contribution >= 0.6 is 0 Å². The molecule has 0 saturated heterocycles. The summed E-state index contributed by atoms with van der Waals surface area (Å²) in [5.74, 6) is -0.757. The summed E-state index contributed by atoms with van der Waals surface area (Å²) in [7, 11) is -2.55. The molecule has 1 N–H and O–H groups in total. The molecule has 0 aromatic heterocycles. The molecule has 0 saturated carbocycles. The molecule has 0 bridgehead atoms. The Morgan fingerprint density at radius 1 is 0.868 bits per heavy atom. The van der Waals surface area contributed by atoms with E-state index in [9.17, 15) is 18.0 Å². The van der Waals surface area contributed by atoms with Crippen molar-refractivity contribution in [1.82, 2.24) is 10.2 Å². The highest BCUT2D eigenvalue weighted by atomic mass is 32.2. The molecule has 202 valence electrons. The predicted octanol–water partition coefficient (Wildman–Crippen LogP) is 4.67. The molecule has 8 heteroatoms. The molecule has 0 radical (unpaired) electrons. The predicted molar refractivity (Wildman–Crippen MR) is 152 cm³/mol. The van der Waals surface area contributed by atoms with Crippen molar-refractivity contribution in [2.45, 2.75) is 58.5 Å². The summed E-state index contributed by atoms with van der Waals surface area (Å²) in [6.45, 7) is 9.18. The minimum atomic E-state index is -4.09. The van der Waals surface area contributed by atoms with Gasteiger partial charge in [0.25, 0.3) is 10.0 Å². The van der Waals surface area contributed by atoms with Crippen molar-refractivity contribution in [2.24, 2.45) is 0 Å². The normalized spacial score (nSPS) is 12.1.